The van der Waals surface area contributed by atoms with Gasteiger partial charge in [-0.05, 0) is 30.7 Å². The van der Waals surface area contributed by atoms with Crippen molar-refractivity contribution in [2.45, 2.75) is 6.92 Å². The van der Waals surface area contributed by atoms with E-state index in [9.17, 15) is 9.59 Å². The van der Waals surface area contributed by atoms with Crippen LogP contribution in [-0.4, -0.2) is 21.8 Å². The first-order valence-corrected chi connectivity index (χ1v) is 5.59. The van der Waals surface area contributed by atoms with Crippen LogP contribution >= 0.6 is 11.6 Å². The summed E-state index contributed by atoms with van der Waals surface area (Å²) in [6.45, 7) is 1.87. The van der Waals surface area contributed by atoms with E-state index in [1.165, 1.54) is 12.3 Å². The Morgan fingerprint density at radius 1 is 1.28 bits per heavy atom. The number of nitrogens with one attached hydrogen (secondary N) is 1. The molecule has 0 amide bonds. The Bertz CT molecular complexity index is 631. The molecule has 2 N–H and O–H groups in total. The maximum atomic E-state index is 12.1. The van der Waals surface area contributed by atoms with Gasteiger partial charge in [-0.2, -0.15) is 0 Å². The summed E-state index contributed by atoms with van der Waals surface area (Å²) in [6, 6.07) is 6.40. The van der Waals surface area contributed by atoms with E-state index < -0.39 is 5.97 Å². The first-order valence-electron chi connectivity index (χ1n) is 5.21. The van der Waals surface area contributed by atoms with Crippen LogP contribution in [0.5, 0.6) is 0 Å². The molecule has 1 aromatic carbocycles. The minimum Gasteiger partial charge on any atom is -0.477 e. The van der Waals surface area contributed by atoms with Crippen molar-refractivity contribution in [1.82, 2.24) is 4.98 Å². The number of benzene rings is 1. The van der Waals surface area contributed by atoms with Gasteiger partial charge in [0.1, 0.15) is 5.69 Å². The molecule has 0 saturated carbocycles. The summed E-state index contributed by atoms with van der Waals surface area (Å²) in [5.41, 5.74) is 1.56. The average Bonchev–Trinajstić information content (AvgIpc) is 2.77. The highest BCUT2D eigenvalue weighted by Crippen LogP contribution is 2.21. The maximum Gasteiger partial charge on any atom is 0.352 e. The number of H-pyrrole nitrogens is 1. The summed E-state index contributed by atoms with van der Waals surface area (Å²) >= 11 is 6.00. The van der Waals surface area contributed by atoms with Gasteiger partial charge < -0.3 is 10.1 Å². The second kappa shape index (κ2) is 4.66. The highest BCUT2D eigenvalue weighted by atomic mass is 35.5. The Kier molecular flexibility index (Phi) is 3.21. The molecule has 0 aliphatic heterocycles. The molecule has 18 heavy (non-hydrogen) atoms. The van der Waals surface area contributed by atoms with Gasteiger partial charge in [-0.3, -0.25) is 4.79 Å². The summed E-state index contributed by atoms with van der Waals surface area (Å²) in [5.74, 6) is -1.41. The van der Waals surface area contributed by atoms with Crippen molar-refractivity contribution in [1.29, 1.82) is 0 Å². The van der Waals surface area contributed by atoms with E-state index in [1.54, 1.807) is 18.2 Å². The monoisotopic (exact) mass is 263 g/mol. The van der Waals surface area contributed by atoms with Gasteiger partial charge in [0.15, 0.2) is 5.78 Å². The number of hydrogen-bond acceptors (Lipinski definition) is 2. The van der Waals surface area contributed by atoms with Crippen molar-refractivity contribution in [3.63, 3.8) is 0 Å². The Labute approximate surface area is 108 Å². The third-order valence-electron chi connectivity index (χ3n) is 2.54. The predicted octanol–water partition coefficient (Wildman–Crippen LogP) is 2.91. The molecule has 0 bridgehead atoms. The van der Waals surface area contributed by atoms with E-state index in [-0.39, 0.29) is 17.0 Å². The molecular formula is C13H10ClNO3. The van der Waals surface area contributed by atoms with Crippen molar-refractivity contribution in [2.24, 2.45) is 0 Å². The molecule has 5 heteroatoms. The van der Waals surface area contributed by atoms with Gasteiger partial charge in [0.05, 0.1) is 5.02 Å². The van der Waals surface area contributed by atoms with Crippen molar-refractivity contribution >= 4 is 23.4 Å². The number of halogens is 1. The second-order valence-corrected chi connectivity index (χ2v) is 4.33. The highest BCUT2D eigenvalue weighted by molar-refractivity contribution is 6.35. The number of hydrogen-bond donors (Lipinski definition) is 2. The van der Waals surface area contributed by atoms with Crippen LogP contribution in [-0.2, 0) is 0 Å². The smallest absolute Gasteiger partial charge is 0.352 e. The number of rotatable bonds is 3. The zero-order valence-electron chi connectivity index (χ0n) is 9.53. The van der Waals surface area contributed by atoms with Crippen LogP contribution in [0.15, 0.2) is 30.5 Å². The van der Waals surface area contributed by atoms with Gasteiger partial charge in [-0.15, -0.1) is 0 Å². The number of aromatic carboxylic acids is 1. The standard InChI is InChI=1S/C13H10ClNO3/c1-7-2-3-9(10(14)4-7)12(16)8-5-11(13(17)18)15-6-8/h2-6,15H,1H3,(H,17,18). The number of carboxylic acid groups (broad SMARTS) is 1. The molecule has 0 spiro atoms. The Morgan fingerprint density at radius 2 is 2.00 bits per heavy atom. The minimum absolute atomic E-state index is 0.0263. The number of ketones is 1. The molecule has 1 heterocycles. The van der Waals surface area contributed by atoms with Gasteiger partial charge in [0.2, 0.25) is 0 Å². The summed E-state index contributed by atoms with van der Waals surface area (Å²) in [7, 11) is 0. The van der Waals surface area contributed by atoms with Crippen molar-refractivity contribution in [3.05, 3.63) is 57.9 Å². The fraction of sp³-hybridized carbons (Fsp3) is 0.0769. The molecule has 2 rings (SSSR count). The van der Waals surface area contributed by atoms with Gasteiger partial charge in [-0.1, -0.05) is 17.7 Å². The Balaban J connectivity index is 2.38. The summed E-state index contributed by atoms with van der Waals surface area (Å²) < 4.78 is 0. The largest absolute Gasteiger partial charge is 0.477 e. The lowest BCUT2D eigenvalue weighted by Gasteiger charge is -2.02. The lowest BCUT2D eigenvalue weighted by atomic mass is 10.0. The molecule has 2 aromatic rings. The molecule has 0 unspecified atom stereocenters. The van der Waals surface area contributed by atoms with Gasteiger partial charge in [0, 0.05) is 17.3 Å². The normalized spacial score (nSPS) is 10.3. The van der Waals surface area contributed by atoms with E-state index >= 15 is 0 Å². The summed E-state index contributed by atoms with van der Waals surface area (Å²) in [4.78, 5) is 25.4. The predicted molar refractivity (Wildman–Crippen MR) is 67.4 cm³/mol. The maximum absolute atomic E-state index is 12.1. The molecule has 0 saturated heterocycles. The third kappa shape index (κ3) is 2.28. The van der Waals surface area contributed by atoms with Crippen LogP contribution in [0.25, 0.3) is 0 Å². The number of aryl methyl sites for hydroxylation is 1. The van der Waals surface area contributed by atoms with E-state index in [1.807, 2.05) is 6.92 Å². The SMILES string of the molecule is Cc1ccc(C(=O)c2c[nH]c(C(=O)O)c2)c(Cl)c1. The Morgan fingerprint density at radius 3 is 2.56 bits per heavy atom. The highest BCUT2D eigenvalue weighted by Gasteiger charge is 2.16. The van der Waals surface area contributed by atoms with Crippen molar-refractivity contribution < 1.29 is 14.7 Å². The van der Waals surface area contributed by atoms with E-state index in [0.717, 1.165) is 5.56 Å². The molecule has 0 radical (unpaired) electrons. The van der Waals surface area contributed by atoms with Crippen LogP contribution in [0, 0.1) is 6.92 Å². The minimum atomic E-state index is -1.11. The lowest BCUT2D eigenvalue weighted by Crippen LogP contribution is -2.01. The van der Waals surface area contributed by atoms with Crippen LogP contribution < -0.4 is 0 Å². The number of carbonyl (C=O) groups excluding carboxylic acids is 1. The summed E-state index contributed by atoms with van der Waals surface area (Å²) in [5, 5.41) is 9.13. The zero-order valence-corrected chi connectivity index (χ0v) is 10.3. The number of carboxylic acids is 1. The van der Waals surface area contributed by atoms with E-state index in [2.05, 4.69) is 4.98 Å². The number of aromatic amines is 1. The van der Waals surface area contributed by atoms with Crippen LogP contribution in [0.2, 0.25) is 5.02 Å². The van der Waals surface area contributed by atoms with E-state index in [0.29, 0.717) is 10.6 Å². The molecular weight excluding hydrogens is 254 g/mol. The zero-order chi connectivity index (χ0) is 13.3. The first-order chi connectivity index (χ1) is 8.49. The van der Waals surface area contributed by atoms with Gasteiger partial charge in [-0.25, -0.2) is 4.79 Å². The van der Waals surface area contributed by atoms with Crippen LogP contribution in [0.4, 0.5) is 0 Å². The lowest BCUT2D eigenvalue weighted by molar-refractivity contribution is 0.0691. The number of carbonyl (C=O) groups is 2. The fourth-order valence-corrected chi connectivity index (χ4v) is 1.93. The second-order valence-electron chi connectivity index (χ2n) is 3.92. The summed E-state index contributed by atoms with van der Waals surface area (Å²) in [6.07, 6.45) is 1.36. The van der Waals surface area contributed by atoms with Gasteiger partial charge in [0.25, 0.3) is 0 Å². The molecule has 0 aliphatic carbocycles. The molecule has 1 aromatic heterocycles. The average molecular weight is 264 g/mol. The van der Waals surface area contributed by atoms with Crippen molar-refractivity contribution in [3.8, 4) is 0 Å². The first kappa shape index (κ1) is 12.4. The molecule has 92 valence electrons. The number of aromatic nitrogens is 1. The van der Waals surface area contributed by atoms with Gasteiger partial charge >= 0.3 is 5.97 Å². The third-order valence-corrected chi connectivity index (χ3v) is 2.86. The van der Waals surface area contributed by atoms with Crippen LogP contribution in [0.3, 0.4) is 0 Å². The molecule has 4 nitrogen and oxygen atoms in total. The van der Waals surface area contributed by atoms with Crippen molar-refractivity contribution in [2.75, 3.05) is 0 Å². The molecule has 0 aliphatic rings. The van der Waals surface area contributed by atoms with E-state index in [4.69, 9.17) is 16.7 Å². The van der Waals surface area contributed by atoms with Crippen LogP contribution in [0.1, 0.15) is 32.0 Å². The quantitative estimate of drug-likeness (QED) is 0.837. The Hall–Kier alpha value is -2.07. The topological polar surface area (TPSA) is 70.2 Å². The fourth-order valence-electron chi connectivity index (χ4n) is 1.61. The molecule has 0 fully saturated rings. The molecule has 0 atom stereocenters.